The minimum absolute atomic E-state index is 0.0166. The summed E-state index contributed by atoms with van der Waals surface area (Å²) in [5.41, 5.74) is 5.27. The first-order valence-corrected chi connectivity index (χ1v) is 11.2. The van der Waals surface area contributed by atoms with Gasteiger partial charge in [-0.2, -0.15) is 8.75 Å². The normalized spacial score (nSPS) is 11.1. The molecule has 8 nitrogen and oxygen atoms in total. The highest BCUT2D eigenvalue weighted by atomic mass is 32.1. The van der Waals surface area contributed by atoms with E-state index in [-0.39, 0.29) is 16.8 Å². The van der Waals surface area contributed by atoms with Crippen molar-refractivity contribution in [2.45, 2.75) is 13.3 Å². The third kappa shape index (κ3) is 4.26. The summed E-state index contributed by atoms with van der Waals surface area (Å²) in [5.74, 6) is -0.0606. The van der Waals surface area contributed by atoms with Gasteiger partial charge >= 0.3 is 0 Å². The number of aromatic nitrogens is 3. The number of rotatable bonds is 4. The van der Waals surface area contributed by atoms with Gasteiger partial charge in [-0.05, 0) is 72.7 Å². The second-order valence-electron chi connectivity index (χ2n) is 7.28. The second kappa shape index (κ2) is 8.57. The standard InChI is InChI=1S/C23H17N5O3S2/c1-2-12-3-8-20-18(9-12)25-22(31-20)15-11-14(5-7-19(15)29)24-23(32)26-21(30)13-4-6-16-17(10-13)28-33-27-16/h3-11,29H,2H2,1H3,(H2,24,26,30,32). The maximum absolute atomic E-state index is 12.6. The number of thiocarbonyl (C=S) groups is 1. The van der Waals surface area contributed by atoms with Crippen molar-refractivity contribution in [2.24, 2.45) is 0 Å². The molecule has 0 spiro atoms. The molecule has 0 fully saturated rings. The monoisotopic (exact) mass is 475 g/mol. The molecule has 2 aromatic heterocycles. The first kappa shape index (κ1) is 21.0. The molecule has 0 saturated carbocycles. The van der Waals surface area contributed by atoms with Crippen molar-refractivity contribution in [3.63, 3.8) is 0 Å². The first-order valence-electron chi connectivity index (χ1n) is 10.1. The molecule has 3 aromatic carbocycles. The molecule has 0 aliphatic heterocycles. The molecule has 3 N–H and O–H groups in total. The number of benzene rings is 3. The van der Waals surface area contributed by atoms with Gasteiger partial charge in [-0.25, -0.2) is 4.98 Å². The van der Waals surface area contributed by atoms with Crippen LogP contribution in [-0.2, 0) is 6.42 Å². The lowest BCUT2D eigenvalue weighted by molar-refractivity contribution is 0.0978. The minimum atomic E-state index is -0.368. The number of aromatic hydroxyl groups is 1. The number of aryl methyl sites for hydroxylation is 1. The molecule has 10 heteroatoms. The van der Waals surface area contributed by atoms with Crippen molar-refractivity contribution in [3.05, 3.63) is 65.7 Å². The van der Waals surface area contributed by atoms with E-state index in [0.717, 1.165) is 34.7 Å². The summed E-state index contributed by atoms with van der Waals surface area (Å²) >= 11 is 6.38. The Morgan fingerprint density at radius 2 is 1.91 bits per heavy atom. The summed E-state index contributed by atoms with van der Waals surface area (Å²) in [7, 11) is 0. The Morgan fingerprint density at radius 3 is 2.76 bits per heavy atom. The van der Waals surface area contributed by atoms with E-state index in [1.807, 2.05) is 18.2 Å². The fourth-order valence-electron chi connectivity index (χ4n) is 3.35. The predicted molar refractivity (Wildman–Crippen MR) is 132 cm³/mol. The van der Waals surface area contributed by atoms with Crippen molar-refractivity contribution in [3.8, 4) is 17.2 Å². The number of phenolic OH excluding ortho intramolecular Hbond substituents is 1. The summed E-state index contributed by atoms with van der Waals surface area (Å²) in [6.45, 7) is 2.07. The number of hydrogen-bond acceptors (Lipinski definition) is 8. The Labute approximate surface area is 197 Å². The van der Waals surface area contributed by atoms with Crippen LogP contribution >= 0.6 is 23.9 Å². The van der Waals surface area contributed by atoms with E-state index in [9.17, 15) is 9.90 Å². The fourth-order valence-corrected chi connectivity index (χ4v) is 4.08. The van der Waals surface area contributed by atoms with Crippen LogP contribution in [0.25, 0.3) is 33.6 Å². The summed E-state index contributed by atoms with van der Waals surface area (Å²) in [4.78, 5) is 17.1. The van der Waals surface area contributed by atoms with Crippen molar-refractivity contribution in [2.75, 3.05) is 5.32 Å². The van der Waals surface area contributed by atoms with Crippen LogP contribution in [0.1, 0.15) is 22.8 Å². The largest absolute Gasteiger partial charge is 0.507 e. The van der Waals surface area contributed by atoms with Gasteiger partial charge in [0.05, 0.1) is 17.3 Å². The third-order valence-electron chi connectivity index (χ3n) is 5.09. The molecular weight excluding hydrogens is 458 g/mol. The van der Waals surface area contributed by atoms with Gasteiger partial charge in [-0.1, -0.05) is 13.0 Å². The molecular formula is C23H17N5O3S2. The van der Waals surface area contributed by atoms with Gasteiger partial charge in [0.25, 0.3) is 5.91 Å². The Bertz CT molecular complexity index is 1530. The molecule has 0 radical (unpaired) electrons. The molecule has 0 aliphatic rings. The SMILES string of the molecule is CCc1ccc2oc(-c3cc(NC(=S)NC(=O)c4ccc5nsnc5c4)ccc3O)nc2c1. The lowest BCUT2D eigenvalue weighted by Crippen LogP contribution is -2.34. The number of oxazole rings is 1. The van der Waals surface area contributed by atoms with Crippen molar-refractivity contribution < 1.29 is 14.3 Å². The number of fused-ring (bicyclic) bond motifs is 2. The molecule has 5 aromatic rings. The van der Waals surface area contributed by atoms with Crippen LogP contribution in [0.15, 0.2) is 59.0 Å². The maximum Gasteiger partial charge on any atom is 0.257 e. The summed E-state index contributed by atoms with van der Waals surface area (Å²) in [6, 6.07) is 15.7. The zero-order chi connectivity index (χ0) is 22.9. The molecule has 5 rings (SSSR count). The Hall–Kier alpha value is -3.89. The number of carbonyl (C=O) groups excluding carboxylic acids is 1. The summed E-state index contributed by atoms with van der Waals surface area (Å²) < 4.78 is 14.1. The number of amides is 1. The van der Waals surface area contributed by atoms with Crippen molar-refractivity contribution in [1.82, 2.24) is 19.0 Å². The molecule has 0 atom stereocenters. The number of nitrogens with one attached hydrogen (secondary N) is 2. The Morgan fingerprint density at radius 1 is 1.06 bits per heavy atom. The number of anilines is 1. The summed E-state index contributed by atoms with van der Waals surface area (Å²) in [6.07, 6.45) is 0.889. The Kier molecular flexibility index (Phi) is 5.45. The van der Waals surface area contributed by atoms with E-state index in [4.69, 9.17) is 16.6 Å². The fraction of sp³-hybridized carbons (Fsp3) is 0.0870. The van der Waals surface area contributed by atoms with Crippen LogP contribution in [0.2, 0.25) is 0 Å². The minimum Gasteiger partial charge on any atom is -0.507 e. The summed E-state index contributed by atoms with van der Waals surface area (Å²) in [5, 5.41) is 16.1. The quantitative estimate of drug-likeness (QED) is 0.249. The third-order valence-corrected chi connectivity index (χ3v) is 5.85. The molecule has 0 aliphatic carbocycles. The number of nitrogens with zero attached hydrogens (tertiary/aromatic N) is 3. The van der Waals surface area contributed by atoms with E-state index in [2.05, 4.69) is 31.3 Å². The molecule has 33 heavy (non-hydrogen) atoms. The lowest BCUT2D eigenvalue weighted by atomic mass is 10.1. The zero-order valence-corrected chi connectivity index (χ0v) is 19.0. The predicted octanol–water partition coefficient (Wildman–Crippen LogP) is 4.89. The Balaban J connectivity index is 1.34. The van der Waals surface area contributed by atoms with Crippen LogP contribution in [0.4, 0.5) is 5.69 Å². The van der Waals surface area contributed by atoms with Crippen molar-refractivity contribution in [1.29, 1.82) is 0 Å². The van der Waals surface area contributed by atoms with Crippen molar-refractivity contribution >= 4 is 62.8 Å². The highest BCUT2D eigenvalue weighted by molar-refractivity contribution is 7.80. The number of phenols is 1. The van der Waals surface area contributed by atoms with Crippen LogP contribution < -0.4 is 10.6 Å². The van der Waals surface area contributed by atoms with Gasteiger partial charge < -0.3 is 14.8 Å². The van der Waals surface area contributed by atoms with Crippen LogP contribution in [0.3, 0.4) is 0 Å². The van der Waals surface area contributed by atoms with Gasteiger partial charge in [-0.15, -0.1) is 0 Å². The van der Waals surface area contributed by atoms with E-state index in [0.29, 0.717) is 33.8 Å². The molecule has 1 amide bonds. The van der Waals surface area contributed by atoms with Crippen LogP contribution in [0, 0.1) is 0 Å². The second-order valence-corrected chi connectivity index (χ2v) is 8.22. The first-order chi connectivity index (χ1) is 16.0. The van der Waals surface area contributed by atoms with E-state index in [1.165, 1.54) is 6.07 Å². The van der Waals surface area contributed by atoms with Gasteiger partial charge in [-0.3, -0.25) is 10.1 Å². The zero-order valence-electron chi connectivity index (χ0n) is 17.3. The highest BCUT2D eigenvalue weighted by Crippen LogP contribution is 2.33. The van der Waals surface area contributed by atoms with Gasteiger partial charge in [0.1, 0.15) is 22.3 Å². The van der Waals surface area contributed by atoms with Gasteiger partial charge in [0.15, 0.2) is 10.7 Å². The topological polar surface area (TPSA) is 113 Å². The van der Waals surface area contributed by atoms with E-state index >= 15 is 0 Å². The average Bonchev–Trinajstić information content (AvgIpc) is 3.45. The molecule has 2 heterocycles. The number of carbonyl (C=O) groups is 1. The van der Waals surface area contributed by atoms with E-state index < -0.39 is 0 Å². The highest BCUT2D eigenvalue weighted by Gasteiger charge is 2.15. The molecule has 0 unspecified atom stereocenters. The van der Waals surface area contributed by atoms with Crippen LogP contribution in [-0.4, -0.2) is 29.9 Å². The lowest BCUT2D eigenvalue weighted by Gasteiger charge is -2.11. The van der Waals surface area contributed by atoms with E-state index in [1.54, 1.807) is 30.3 Å². The maximum atomic E-state index is 12.6. The molecule has 0 bridgehead atoms. The van der Waals surface area contributed by atoms with Gasteiger partial charge in [0.2, 0.25) is 5.89 Å². The van der Waals surface area contributed by atoms with Gasteiger partial charge in [0, 0.05) is 11.3 Å². The van der Waals surface area contributed by atoms with Crippen LogP contribution in [0.5, 0.6) is 5.75 Å². The smallest absolute Gasteiger partial charge is 0.257 e. The number of hydrogen-bond donors (Lipinski definition) is 3. The molecule has 164 valence electrons. The average molecular weight is 476 g/mol. The molecule has 0 saturated heterocycles.